The summed E-state index contributed by atoms with van der Waals surface area (Å²) in [6.45, 7) is 3.06. The molecule has 94 valence electrons. The van der Waals surface area contributed by atoms with E-state index in [1.165, 1.54) is 18.4 Å². The zero-order chi connectivity index (χ0) is 12.1. The van der Waals surface area contributed by atoms with Crippen molar-refractivity contribution in [3.05, 3.63) is 23.9 Å². The maximum absolute atomic E-state index is 5.60. The molecule has 1 saturated heterocycles. The first-order valence-electron chi connectivity index (χ1n) is 6.17. The fraction of sp³-hybridized carbons (Fsp3) is 0.615. The lowest BCUT2D eigenvalue weighted by Crippen LogP contribution is -2.12. The highest BCUT2D eigenvalue weighted by Gasteiger charge is 2.15. The number of pyridine rings is 1. The van der Waals surface area contributed by atoms with Crippen LogP contribution in [0.25, 0.3) is 0 Å². The summed E-state index contributed by atoms with van der Waals surface area (Å²) < 4.78 is 5.60. The second kappa shape index (κ2) is 6.38. The highest BCUT2D eigenvalue weighted by atomic mass is 32.2. The SMILES string of the molecule is CNC(C)c1ccc(SCC2CCCO2)nc1. The van der Waals surface area contributed by atoms with Crippen LogP contribution in [0.2, 0.25) is 0 Å². The highest BCUT2D eigenvalue weighted by molar-refractivity contribution is 7.99. The number of rotatable bonds is 5. The predicted octanol–water partition coefficient (Wildman–Crippen LogP) is 2.63. The minimum atomic E-state index is 0.361. The number of nitrogens with zero attached hydrogens (tertiary/aromatic N) is 1. The fourth-order valence-corrected chi connectivity index (χ4v) is 2.77. The molecule has 1 fully saturated rings. The Morgan fingerprint density at radius 1 is 1.59 bits per heavy atom. The van der Waals surface area contributed by atoms with E-state index in [0.717, 1.165) is 17.4 Å². The molecule has 0 aromatic carbocycles. The van der Waals surface area contributed by atoms with Crippen LogP contribution in [-0.4, -0.2) is 30.5 Å². The number of hydrogen-bond donors (Lipinski definition) is 1. The Hall–Kier alpha value is -0.580. The first kappa shape index (κ1) is 12.9. The summed E-state index contributed by atoms with van der Waals surface area (Å²) in [4.78, 5) is 4.48. The van der Waals surface area contributed by atoms with Crippen LogP contribution in [0.15, 0.2) is 23.4 Å². The van der Waals surface area contributed by atoms with E-state index in [1.807, 2.05) is 13.2 Å². The average Bonchev–Trinajstić information content (AvgIpc) is 2.89. The van der Waals surface area contributed by atoms with Gasteiger partial charge >= 0.3 is 0 Å². The van der Waals surface area contributed by atoms with Gasteiger partial charge in [0.15, 0.2) is 0 Å². The van der Waals surface area contributed by atoms with E-state index in [-0.39, 0.29) is 0 Å². The van der Waals surface area contributed by atoms with Crippen molar-refractivity contribution in [2.45, 2.75) is 36.9 Å². The van der Waals surface area contributed by atoms with Gasteiger partial charge in [0.2, 0.25) is 0 Å². The molecule has 4 heteroatoms. The molecule has 1 aliphatic heterocycles. The maximum Gasteiger partial charge on any atom is 0.0960 e. The molecule has 1 aromatic rings. The lowest BCUT2D eigenvalue weighted by Gasteiger charge is -2.11. The van der Waals surface area contributed by atoms with E-state index in [0.29, 0.717) is 12.1 Å². The predicted molar refractivity (Wildman–Crippen MR) is 71.4 cm³/mol. The van der Waals surface area contributed by atoms with Crippen LogP contribution < -0.4 is 5.32 Å². The van der Waals surface area contributed by atoms with E-state index in [9.17, 15) is 0 Å². The standard InChI is InChI=1S/C13H20N2OS/c1-10(14-2)11-5-6-13(15-8-11)17-9-12-4-3-7-16-12/h5-6,8,10,12,14H,3-4,7,9H2,1-2H3. The van der Waals surface area contributed by atoms with Gasteiger partial charge in [0.25, 0.3) is 0 Å². The number of thioether (sulfide) groups is 1. The summed E-state index contributed by atoms with van der Waals surface area (Å²) in [5, 5.41) is 4.30. The average molecular weight is 252 g/mol. The molecule has 1 N–H and O–H groups in total. The molecule has 2 unspecified atom stereocenters. The number of nitrogens with one attached hydrogen (secondary N) is 1. The van der Waals surface area contributed by atoms with Crippen LogP contribution in [0, 0.1) is 0 Å². The topological polar surface area (TPSA) is 34.1 Å². The van der Waals surface area contributed by atoms with Gasteiger partial charge in [0, 0.05) is 24.6 Å². The second-order valence-corrected chi connectivity index (χ2v) is 5.43. The number of ether oxygens (including phenoxy) is 1. The quantitative estimate of drug-likeness (QED) is 0.817. The molecule has 17 heavy (non-hydrogen) atoms. The molecule has 3 nitrogen and oxygen atoms in total. The Kier molecular flexibility index (Phi) is 4.83. The van der Waals surface area contributed by atoms with Crippen LogP contribution in [0.4, 0.5) is 0 Å². The van der Waals surface area contributed by atoms with Crippen molar-refractivity contribution in [3.63, 3.8) is 0 Å². The Morgan fingerprint density at radius 3 is 3.06 bits per heavy atom. The molecule has 0 aliphatic carbocycles. The summed E-state index contributed by atoms with van der Waals surface area (Å²) in [5.41, 5.74) is 1.23. The zero-order valence-electron chi connectivity index (χ0n) is 10.5. The Labute approximate surface area is 107 Å². The van der Waals surface area contributed by atoms with Gasteiger partial charge < -0.3 is 10.1 Å². The van der Waals surface area contributed by atoms with Gasteiger partial charge in [-0.2, -0.15) is 0 Å². The lowest BCUT2D eigenvalue weighted by molar-refractivity contribution is 0.129. The van der Waals surface area contributed by atoms with Crippen molar-refractivity contribution < 1.29 is 4.74 Å². The molecule has 0 radical (unpaired) electrons. The third kappa shape index (κ3) is 3.69. The Bertz CT molecular complexity index is 336. The van der Waals surface area contributed by atoms with Crippen LogP contribution >= 0.6 is 11.8 Å². The number of aromatic nitrogens is 1. The highest BCUT2D eigenvalue weighted by Crippen LogP contribution is 2.23. The molecular weight excluding hydrogens is 232 g/mol. The van der Waals surface area contributed by atoms with Crippen LogP contribution in [0.1, 0.15) is 31.4 Å². The molecule has 2 rings (SSSR count). The molecule has 0 saturated carbocycles. The smallest absolute Gasteiger partial charge is 0.0960 e. The fourth-order valence-electron chi connectivity index (χ4n) is 1.85. The number of hydrogen-bond acceptors (Lipinski definition) is 4. The largest absolute Gasteiger partial charge is 0.377 e. The van der Waals surface area contributed by atoms with Gasteiger partial charge in [0.1, 0.15) is 0 Å². The van der Waals surface area contributed by atoms with Gasteiger partial charge in [0.05, 0.1) is 11.1 Å². The zero-order valence-corrected chi connectivity index (χ0v) is 11.3. The minimum Gasteiger partial charge on any atom is -0.377 e. The van der Waals surface area contributed by atoms with E-state index in [2.05, 4.69) is 29.4 Å². The maximum atomic E-state index is 5.60. The van der Waals surface area contributed by atoms with Crippen molar-refractivity contribution in [2.24, 2.45) is 0 Å². The summed E-state index contributed by atoms with van der Waals surface area (Å²) in [6, 6.07) is 4.61. The monoisotopic (exact) mass is 252 g/mol. The first-order chi connectivity index (χ1) is 8.29. The van der Waals surface area contributed by atoms with Gasteiger partial charge in [-0.3, -0.25) is 0 Å². The van der Waals surface area contributed by atoms with Crippen LogP contribution in [-0.2, 0) is 4.74 Å². The van der Waals surface area contributed by atoms with Gasteiger partial charge in [-0.1, -0.05) is 6.07 Å². The molecule has 0 spiro atoms. The normalized spacial score (nSPS) is 21.6. The van der Waals surface area contributed by atoms with E-state index in [4.69, 9.17) is 4.74 Å². The van der Waals surface area contributed by atoms with Gasteiger partial charge in [-0.05, 0) is 38.4 Å². The van der Waals surface area contributed by atoms with Crippen molar-refractivity contribution in [2.75, 3.05) is 19.4 Å². The molecule has 0 amide bonds. The van der Waals surface area contributed by atoms with Crippen molar-refractivity contribution >= 4 is 11.8 Å². The molecular formula is C13H20N2OS. The van der Waals surface area contributed by atoms with E-state index < -0.39 is 0 Å². The first-order valence-corrected chi connectivity index (χ1v) is 7.16. The van der Waals surface area contributed by atoms with Crippen molar-refractivity contribution in [1.82, 2.24) is 10.3 Å². The minimum absolute atomic E-state index is 0.361. The molecule has 2 heterocycles. The third-order valence-electron chi connectivity index (χ3n) is 3.13. The molecule has 0 bridgehead atoms. The van der Waals surface area contributed by atoms with Crippen molar-refractivity contribution in [1.29, 1.82) is 0 Å². The molecule has 1 aromatic heterocycles. The van der Waals surface area contributed by atoms with Crippen LogP contribution in [0.5, 0.6) is 0 Å². The van der Waals surface area contributed by atoms with E-state index in [1.54, 1.807) is 11.8 Å². The van der Waals surface area contributed by atoms with Gasteiger partial charge in [-0.25, -0.2) is 4.98 Å². The van der Waals surface area contributed by atoms with Crippen LogP contribution in [0.3, 0.4) is 0 Å². The Balaban J connectivity index is 1.84. The Morgan fingerprint density at radius 2 is 2.47 bits per heavy atom. The third-order valence-corrected chi connectivity index (χ3v) is 4.21. The molecule has 2 atom stereocenters. The summed E-state index contributed by atoms with van der Waals surface area (Å²) in [7, 11) is 1.96. The second-order valence-electron chi connectivity index (χ2n) is 4.39. The molecule has 1 aliphatic rings. The summed E-state index contributed by atoms with van der Waals surface area (Å²) in [5.74, 6) is 1.02. The summed E-state index contributed by atoms with van der Waals surface area (Å²) >= 11 is 1.79. The summed E-state index contributed by atoms with van der Waals surface area (Å²) in [6.07, 6.45) is 4.79. The van der Waals surface area contributed by atoms with Gasteiger partial charge in [-0.15, -0.1) is 11.8 Å². The van der Waals surface area contributed by atoms with Crippen molar-refractivity contribution in [3.8, 4) is 0 Å². The lowest BCUT2D eigenvalue weighted by atomic mass is 10.1. The van der Waals surface area contributed by atoms with E-state index >= 15 is 0 Å².